The molecule has 41 heteroatoms. The zero-order valence-electron chi connectivity index (χ0n) is 46.5. The summed E-state index contributed by atoms with van der Waals surface area (Å²) in [6.45, 7) is -0.408. The molecule has 0 aliphatic rings. The molecular formula is C61H3F41. The molecule has 0 aliphatic carbocycles. The van der Waals surface area contributed by atoms with Gasteiger partial charge in [0.2, 0.25) is 23.3 Å². The van der Waals surface area contributed by atoms with Crippen molar-refractivity contribution in [2.24, 2.45) is 0 Å². The molecule has 0 aromatic heterocycles. The molecule has 0 saturated heterocycles. The van der Waals surface area contributed by atoms with E-state index in [9.17, 15) is 52.7 Å². The lowest BCUT2D eigenvalue weighted by atomic mass is 9.84. The molecule has 0 N–H and O–H groups in total. The number of hydrogen-bond acceptors (Lipinski definition) is 0. The molecule has 0 amide bonds. The van der Waals surface area contributed by atoms with Crippen molar-refractivity contribution in [1.29, 1.82) is 0 Å². The second-order valence-corrected chi connectivity index (χ2v) is 20.2. The smallest absolute Gasteiger partial charge is 0.200 e. The van der Waals surface area contributed by atoms with Crippen molar-refractivity contribution in [3.63, 3.8) is 0 Å². The standard InChI is InChI=1S/C61H3F41/c1-2-3(28(69)29(70)5(21(2)62)11-42(83)50(91)58(99)51(92)43(11)84)4-22(63)6(24(65)8(23(4)64)12-30(71)36(77)15(37(78)31(12)72)18-44(85)52(93)59(100)53(94)45(18)86)7-25(66)9(13-32(73)38(79)16(39(80)33(13)74)19-46(87)54(95)60(101)55(96)47(19)88)27(68)10(26(7)67)14-34(75)40(81)17(41(82)35(14)76)20-48(89)56(97)61(102)57(98)49(20)90/h1H3. The Hall–Kier alpha value is -10.7. The molecule has 0 fully saturated rings. The summed E-state index contributed by atoms with van der Waals surface area (Å²) in [5.41, 5.74) is -65.5. The molecule has 0 radical (unpaired) electrons. The lowest BCUT2D eigenvalue weighted by Gasteiger charge is -2.23. The van der Waals surface area contributed by atoms with Crippen LogP contribution in [0, 0.1) is 245 Å². The maximum absolute atomic E-state index is 18.0. The first kappa shape index (κ1) is 74.0. The third-order valence-electron chi connectivity index (χ3n) is 15.1. The Bertz CT molecular complexity index is 4640. The maximum atomic E-state index is 18.0. The summed E-state index contributed by atoms with van der Waals surface area (Å²) in [7, 11) is 0. The Morgan fingerprint density at radius 1 is 0.0784 bits per heavy atom. The molecule has 0 bridgehead atoms. The second kappa shape index (κ2) is 25.1. The zero-order valence-corrected chi connectivity index (χ0v) is 46.5. The van der Waals surface area contributed by atoms with Gasteiger partial charge in [-0.25, -0.2) is 180 Å². The van der Waals surface area contributed by atoms with Crippen LogP contribution >= 0.6 is 0 Å². The largest absolute Gasteiger partial charge is 0.206 e. The highest BCUT2D eigenvalue weighted by Crippen LogP contribution is 2.55. The number of benzene rings is 10. The van der Waals surface area contributed by atoms with Crippen LogP contribution in [0.1, 0.15) is 5.56 Å². The number of hydrogen-bond donors (Lipinski definition) is 0. The molecule has 0 nitrogen and oxygen atoms in total. The van der Waals surface area contributed by atoms with Crippen molar-refractivity contribution in [3.05, 3.63) is 244 Å². The first-order chi connectivity index (χ1) is 47.2. The van der Waals surface area contributed by atoms with Crippen molar-refractivity contribution in [2.75, 3.05) is 0 Å². The van der Waals surface area contributed by atoms with Crippen LogP contribution in [0.3, 0.4) is 0 Å². The van der Waals surface area contributed by atoms with Gasteiger partial charge in [-0.1, -0.05) is 0 Å². The van der Waals surface area contributed by atoms with Crippen LogP contribution in [-0.2, 0) is 0 Å². The van der Waals surface area contributed by atoms with E-state index in [4.69, 9.17) is 0 Å². The first-order valence-electron chi connectivity index (χ1n) is 25.5. The average molecular weight is 1510 g/mol. The van der Waals surface area contributed by atoms with E-state index < -0.39 is 351 Å². The molecule has 102 heavy (non-hydrogen) atoms. The summed E-state index contributed by atoms with van der Waals surface area (Å²) in [5.74, 6) is -150. The highest BCUT2D eigenvalue weighted by Gasteiger charge is 2.46. The summed E-state index contributed by atoms with van der Waals surface area (Å²) in [5, 5.41) is 0. The van der Waals surface area contributed by atoms with Crippen LogP contribution in [0.15, 0.2) is 0 Å². The number of halogens is 41. The summed E-state index contributed by atoms with van der Waals surface area (Å²) in [6, 6.07) is 0. The van der Waals surface area contributed by atoms with Gasteiger partial charge in [0.15, 0.2) is 175 Å². The molecular weight excluding hydrogens is 1510 g/mol. The Balaban J connectivity index is 1.47. The van der Waals surface area contributed by atoms with E-state index in [1.807, 2.05) is 0 Å². The van der Waals surface area contributed by atoms with Crippen molar-refractivity contribution in [3.8, 4) is 100 Å². The van der Waals surface area contributed by atoms with Crippen molar-refractivity contribution < 1.29 is 180 Å². The zero-order chi connectivity index (χ0) is 76.6. The minimum Gasteiger partial charge on any atom is -0.206 e. The van der Waals surface area contributed by atoms with E-state index in [-0.39, 0.29) is 0 Å². The van der Waals surface area contributed by atoms with Gasteiger partial charge in [0.1, 0.15) is 40.7 Å². The Morgan fingerprint density at radius 3 is 0.275 bits per heavy atom. The van der Waals surface area contributed by atoms with Gasteiger partial charge in [-0.05, 0) is 12.5 Å². The van der Waals surface area contributed by atoms with Gasteiger partial charge in [0.05, 0.1) is 94.6 Å². The van der Waals surface area contributed by atoms with Crippen LogP contribution in [-0.4, -0.2) is 0 Å². The average Bonchev–Trinajstić information content (AvgIpc) is 0.704. The van der Waals surface area contributed by atoms with Gasteiger partial charge in [0.25, 0.3) is 0 Å². The third-order valence-corrected chi connectivity index (χ3v) is 15.1. The van der Waals surface area contributed by atoms with Gasteiger partial charge >= 0.3 is 0 Å². The molecule has 10 rings (SSSR count). The summed E-state index contributed by atoms with van der Waals surface area (Å²) in [6.07, 6.45) is 0. The van der Waals surface area contributed by atoms with Crippen LogP contribution in [0.25, 0.3) is 100 Å². The van der Waals surface area contributed by atoms with Crippen molar-refractivity contribution >= 4 is 0 Å². The van der Waals surface area contributed by atoms with Crippen LogP contribution < -0.4 is 0 Å². The van der Waals surface area contributed by atoms with Gasteiger partial charge in [-0.2, -0.15) is 0 Å². The van der Waals surface area contributed by atoms with Crippen LogP contribution in [0.2, 0.25) is 0 Å². The van der Waals surface area contributed by atoms with Gasteiger partial charge in [-0.15, -0.1) is 0 Å². The third kappa shape index (κ3) is 9.90. The topological polar surface area (TPSA) is 0 Å². The number of rotatable bonds is 9. The second-order valence-electron chi connectivity index (χ2n) is 20.2. The molecule has 10 aromatic rings. The van der Waals surface area contributed by atoms with E-state index in [1.54, 1.807) is 0 Å². The quantitative estimate of drug-likeness (QED) is 0.0768. The minimum atomic E-state index is -4.23. The van der Waals surface area contributed by atoms with E-state index >= 15 is 127 Å². The normalized spacial score (nSPS) is 11.8. The fraction of sp³-hybridized carbons (Fsp3) is 0.0164. The van der Waals surface area contributed by atoms with E-state index in [0.29, 0.717) is 0 Å². The van der Waals surface area contributed by atoms with E-state index in [2.05, 4.69) is 0 Å². The predicted octanol–water partition coefficient (Wildman–Crippen LogP) is 22.7. The van der Waals surface area contributed by atoms with Crippen LogP contribution in [0.5, 0.6) is 0 Å². The first-order valence-corrected chi connectivity index (χ1v) is 25.5. The van der Waals surface area contributed by atoms with Crippen molar-refractivity contribution in [1.82, 2.24) is 0 Å². The molecule has 0 spiro atoms. The Labute approximate surface area is 530 Å². The summed E-state index contributed by atoms with van der Waals surface area (Å²) in [4.78, 5) is 0. The molecule has 0 aliphatic heterocycles. The monoisotopic (exact) mass is 1510 g/mol. The lowest BCUT2D eigenvalue weighted by Crippen LogP contribution is -2.15. The molecule has 0 unspecified atom stereocenters. The van der Waals surface area contributed by atoms with Crippen LogP contribution in [0.4, 0.5) is 180 Å². The van der Waals surface area contributed by atoms with Gasteiger partial charge < -0.3 is 0 Å². The molecule has 0 heterocycles. The van der Waals surface area contributed by atoms with Gasteiger partial charge in [0, 0.05) is 5.56 Å². The van der Waals surface area contributed by atoms with Crippen molar-refractivity contribution in [2.45, 2.75) is 6.92 Å². The Morgan fingerprint density at radius 2 is 0.147 bits per heavy atom. The highest BCUT2D eigenvalue weighted by atomic mass is 19.2. The fourth-order valence-corrected chi connectivity index (χ4v) is 10.4. The summed E-state index contributed by atoms with van der Waals surface area (Å²) < 4.78 is 646. The van der Waals surface area contributed by atoms with Gasteiger partial charge in [-0.3, -0.25) is 0 Å². The SMILES string of the molecule is Cc1c(F)c(-c2c(F)c(F)c(F)c(F)c2F)c(F)c(F)c1-c1c(F)c(-c2c(F)c(F)c(-c3c(F)c(F)c(F)c(F)c3F)c(F)c2F)c(F)c(-c2c(F)c(-c3c(F)c(F)c(-c4c(F)c(F)c(F)c(F)c4F)c(F)c3F)c(F)c(-c3c(F)c(F)c(-c4c(F)c(F)c(F)c(F)c4F)c(F)c3F)c2F)c1F. The molecule has 0 atom stereocenters. The molecule has 0 saturated carbocycles. The van der Waals surface area contributed by atoms with E-state index in [1.165, 1.54) is 0 Å². The van der Waals surface area contributed by atoms with E-state index in [0.717, 1.165) is 0 Å². The highest BCUT2D eigenvalue weighted by molar-refractivity contribution is 5.92. The summed E-state index contributed by atoms with van der Waals surface area (Å²) >= 11 is 0. The fourth-order valence-electron chi connectivity index (χ4n) is 10.4. The predicted molar refractivity (Wildman–Crippen MR) is 258 cm³/mol. The molecule has 534 valence electrons. The Kier molecular flexibility index (Phi) is 18.2. The maximum Gasteiger partial charge on any atom is 0.200 e. The molecule has 10 aromatic carbocycles. The minimum absolute atomic E-state index is 0.408. The lowest BCUT2D eigenvalue weighted by molar-refractivity contribution is 0.379.